The summed E-state index contributed by atoms with van der Waals surface area (Å²) in [5.74, 6) is 0.783. The Balaban J connectivity index is 2.07. The van der Waals surface area contributed by atoms with Crippen molar-refractivity contribution in [1.82, 2.24) is 0 Å². The number of rotatable bonds is 5. The largest absolute Gasteiger partial charge is 0.398 e. The third-order valence-corrected chi connectivity index (χ3v) is 4.42. The topological polar surface area (TPSA) is 61.8 Å². The third-order valence-electron chi connectivity index (χ3n) is 4.42. The Morgan fingerprint density at radius 1 is 1.35 bits per heavy atom. The molecule has 1 fully saturated rings. The predicted molar refractivity (Wildman–Crippen MR) is 84.4 cm³/mol. The van der Waals surface area contributed by atoms with Crippen molar-refractivity contribution in [3.05, 3.63) is 23.8 Å². The van der Waals surface area contributed by atoms with Gasteiger partial charge in [-0.3, -0.25) is 0 Å². The van der Waals surface area contributed by atoms with E-state index in [0.29, 0.717) is 18.2 Å². The number of nitrogen functional groups attached to an aromatic ring is 1. The third kappa shape index (κ3) is 3.66. The summed E-state index contributed by atoms with van der Waals surface area (Å²) in [6.07, 6.45) is 8.32. The van der Waals surface area contributed by atoms with Crippen LogP contribution in [0.25, 0.3) is 0 Å². The van der Waals surface area contributed by atoms with Crippen molar-refractivity contribution >= 4 is 11.4 Å². The van der Waals surface area contributed by atoms with Gasteiger partial charge in [-0.1, -0.05) is 26.2 Å². The van der Waals surface area contributed by atoms with Crippen LogP contribution in [0.3, 0.4) is 0 Å². The van der Waals surface area contributed by atoms with Gasteiger partial charge in [0.2, 0.25) is 0 Å². The van der Waals surface area contributed by atoms with E-state index in [1.54, 1.807) is 0 Å². The molecule has 1 aromatic carbocycles. The van der Waals surface area contributed by atoms with Crippen molar-refractivity contribution in [3.8, 4) is 6.07 Å². The number of anilines is 2. The molecule has 0 heterocycles. The number of nitrogens with one attached hydrogen (secondary N) is 1. The van der Waals surface area contributed by atoms with Gasteiger partial charge in [-0.05, 0) is 48.9 Å². The normalized spacial score (nSPS) is 17.4. The molecule has 0 aromatic heterocycles. The van der Waals surface area contributed by atoms with Gasteiger partial charge in [-0.25, -0.2) is 0 Å². The second kappa shape index (κ2) is 7.19. The minimum Gasteiger partial charge on any atom is -0.398 e. The van der Waals surface area contributed by atoms with Crippen molar-refractivity contribution in [2.75, 3.05) is 11.1 Å². The molecule has 1 atom stereocenters. The first kappa shape index (κ1) is 14.7. The van der Waals surface area contributed by atoms with E-state index in [4.69, 9.17) is 11.0 Å². The summed E-state index contributed by atoms with van der Waals surface area (Å²) < 4.78 is 0. The molecule has 3 N–H and O–H groups in total. The van der Waals surface area contributed by atoms with Crippen LogP contribution in [0.15, 0.2) is 18.2 Å². The smallest absolute Gasteiger partial charge is 0.0670 e. The molecular formula is C17H25N3. The van der Waals surface area contributed by atoms with E-state index >= 15 is 0 Å². The lowest BCUT2D eigenvalue weighted by Gasteiger charge is -2.31. The van der Waals surface area contributed by atoms with Crippen molar-refractivity contribution in [3.63, 3.8) is 0 Å². The molecule has 0 saturated heterocycles. The zero-order chi connectivity index (χ0) is 14.4. The van der Waals surface area contributed by atoms with Gasteiger partial charge in [0.05, 0.1) is 12.5 Å². The van der Waals surface area contributed by atoms with Crippen LogP contribution < -0.4 is 11.1 Å². The summed E-state index contributed by atoms with van der Waals surface area (Å²) in [5, 5.41) is 12.5. The first-order valence-electron chi connectivity index (χ1n) is 7.76. The van der Waals surface area contributed by atoms with Crippen LogP contribution in [-0.2, 0) is 6.42 Å². The van der Waals surface area contributed by atoms with Gasteiger partial charge in [0.15, 0.2) is 0 Å². The van der Waals surface area contributed by atoms with E-state index in [2.05, 4.69) is 18.3 Å². The van der Waals surface area contributed by atoms with Crippen LogP contribution in [0.1, 0.15) is 51.0 Å². The fraction of sp³-hybridized carbons (Fsp3) is 0.588. The fourth-order valence-corrected chi connectivity index (χ4v) is 3.24. The monoisotopic (exact) mass is 271 g/mol. The van der Waals surface area contributed by atoms with E-state index in [9.17, 15) is 0 Å². The zero-order valence-corrected chi connectivity index (χ0v) is 12.4. The molecule has 20 heavy (non-hydrogen) atoms. The SMILES string of the molecule is CCC(Nc1ccc(N)c(CC#N)c1)C1CCCCC1. The molecule has 1 saturated carbocycles. The van der Waals surface area contributed by atoms with Gasteiger partial charge < -0.3 is 11.1 Å². The van der Waals surface area contributed by atoms with E-state index in [1.165, 1.54) is 32.1 Å². The van der Waals surface area contributed by atoms with Gasteiger partial charge in [-0.15, -0.1) is 0 Å². The average Bonchev–Trinajstić information content (AvgIpc) is 2.49. The maximum absolute atomic E-state index is 8.84. The van der Waals surface area contributed by atoms with Gasteiger partial charge >= 0.3 is 0 Å². The van der Waals surface area contributed by atoms with Gasteiger partial charge in [0.1, 0.15) is 0 Å². The molecular weight excluding hydrogens is 246 g/mol. The Morgan fingerprint density at radius 3 is 2.75 bits per heavy atom. The summed E-state index contributed by atoms with van der Waals surface area (Å²) in [4.78, 5) is 0. The van der Waals surface area contributed by atoms with E-state index < -0.39 is 0 Å². The molecule has 108 valence electrons. The number of nitriles is 1. The maximum Gasteiger partial charge on any atom is 0.0670 e. The van der Waals surface area contributed by atoms with Crippen LogP contribution in [0.5, 0.6) is 0 Å². The molecule has 0 amide bonds. The number of hydrogen-bond acceptors (Lipinski definition) is 3. The van der Waals surface area contributed by atoms with Crippen LogP contribution in [0, 0.1) is 17.2 Å². The Bertz CT molecular complexity index is 470. The molecule has 3 heteroatoms. The molecule has 0 radical (unpaired) electrons. The van der Waals surface area contributed by atoms with E-state index in [1.807, 2.05) is 18.2 Å². The molecule has 0 bridgehead atoms. The molecule has 1 aliphatic rings. The second-order valence-corrected chi connectivity index (χ2v) is 5.81. The Labute approximate surface area is 122 Å². The van der Waals surface area contributed by atoms with Crippen LogP contribution in [-0.4, -0.2) is 6.04 Å². The highest BCUT2D eigenvalue weighted by Gasteiger charge is 2.22. The molecule has 3 nitrogen and oxygen atoms in total. The molecule has 1 aliphatic carbocycles. The highest BCUT2D eigenvalue weighted by atomic mass is 14.9. The summed E-state index contributed by atoms with van der Waals surface area (Å²) in [5.41, 5.74) is 8.64. The van der Waals surface area contributed by atoms with Gasteiger partial charge in [0.25, 0.3) is 0 Å². The van der Waals surface area contributed by atoms with Crippen molar-refractivity contribution in [2.45, 2.75) is 57.9 Å². The second-order valence-electron chi connectivity index (χ2n) is 5.81. The standard InChI is InChI=1S/C17H25N3/c1-2-17(13-6-4-3-5-7-13)20-15-8-9-16(19)14(12-15)10-11-18/h8-9,12-13,17,20H,2-7,10,19H2,1H3. The first-order chi connectivity index (χ1) is 9.74. The van der Waals surface area contributed by atoms with E-state index in [0.717, 1.165) is 23.6 Å². The molecule has 2 rings (SSSR count). The number of hydrogen-bond donors (Lipinski definition) is 2. The van der Waals surface area contributed by atoms with Crippen molar-refractivity contribution in [2.24, 2.45) is 5.92 Å². The highest BCUT2D eigenvalue weighted by molar-refractivity contribution is 5.58. The Morgan fingerprint density at radius 2 is 2.10 bits per heavy atom. The molecule has 0 aliphatic heterocycles. The summed E-state index contributed by atoms with van der Waals surface area (Å²) >= 11 is 0. The molecule has 0 spiro atoms. The Kier molecular flexibility index (Phi) is 5.29. The molecule has 1 aromatic rings. The Hall–Kier alpha value is -1.69. The summed E-state index contributed by atoms with van der Waals surface area (Å²) in [6.45, 7) is 2.25. The minimum atomic E-state index is 0.377. The van der Waals surface area contributed by atoms with Crippen LogP contribution >= 0.6 is 0 Å². The number of benzene rings is 1. The quantitative estimate of drug-likeness (QED) is 0.792. The fourth-order valence-electron chi connectivity index (χ4n) is 3.24. The van der Waals surface area contributed by atoms with Crippen LogP contribution in [0.4, 0.5) is 11.4 Å². The lowest BCUT2D eigenvalue weighted by Crippen LogP contribution is -2.30. The zero-order valence-electron chi connectivity index (χ0n) is 12.4. The first-order valence-corrected chi connectivity index (χ1v) is 7.76. The van der Waals surface area contributed by atoms with Crippen molar-refractivity contribution in [1.29, 1.82) is 5.26 Å². The number of nitrogens with zero attached hydrogens (tertiary/aromatic N) is 1. The highest BCUT2D eigenvalue weighted by Crippen LogP contribution is 2.30. The van der Waals surface area contributed by atoms with E-state index in [-0.39, 0.29) is 0 Å². The summed E-state index contributed by atoms with van der Waals surface area (Å²) in [7, 11) is 0. The number of nitrogens with two attached hydrogens (primary N) is 1. The minimum absolute atomic E-state index is 0.377. The van der Waals surface area contributed by atoms with Gasteiger partial charge in [-0.2, -0.15) is 5.26 Å². The summed E-state index contributed by atoms with van der Waals surface area (Å²) in [6, 6.07) is 8.68. The lowest BCUT2D eigenvalue weighted by atomic mass is 9.83. The maximum atomic E-state index is 8.84. The molecule has 1 unspecified atom stereocenters. The van der Waals surface area contributed by atoms with Crippen LogP contribution in [0.2, 0.25) is 0 Å². The predicted octanol–water partition coefficient (Wildman–Crippen LogP) is 4.11. The van der Waals surface area contributed by atoms with Crippen molar-refractivity contribution < 1.29 is 0 Å². The lowest BCUT2D eigenvalue weighted by molar-refractivity contribution is 0.313. The average molecular weight is 271 g/mol. The van der Waals surface area contributed by atoms with Gasteiger partial charge in [0, 0.05) is 17.4 Å².